The van der Waals surface area contributed by atoms with E-state index in [4.69, 9.17) is 15.7 Å². The number of halogens is 1. The van der Waals surface area contributed by atoms with Crippen LogP contribution in [0.2, 0.25) is 0 Å². The second-order valence-corrected chi connectivity index (χ2v) is 5.28. The summed E-state index contributed by atoms with van der Waals surface area (Å²) in [6.07, 6.45) is 0. The highest BCUT2D eigenvalue weighted by Gasteiger charge is 2.19. The molecule has 0 unspecified atom stereocenters. The lowest BCUT2D eigenvalue weighted by molar-refractivity contribution is 0.418. The largest absolute Gasteiger partial charge is 0.492 e. The van der Waals surface area contributed by atoms with E-state index >= 15 is 0 Å². The van der Waals surface area contributed by atoms with Gasteiger partial charge in [-0.1, -0.05) is 12.1 Å². The van der Waals surface area contributed by atoms with Gasteiger partial charge in [-0.05, 0) is 17.7 Å². The zero-order chi connectivity index (χ0) is 14.7. The number of nitrogen functional groups attached to an aromatic ring is 1. The molecule has 1 aromatic carbocycles. The molecule has 0 spiro atoms. The number of thiophene rings is 1. The van der Waals surface area contributed by atoms with Gasteiger partial charge in [0, 0.05) is 13.6 Å². The van der Waals surface area contributed by atoms with Gasteiger partial charge in [0.25, 0.3) is 0 Å². The van der Waals surface area contributed by atoms with Gasteiger partial charge < -0.3 is 15.4 Å². The Labute approximate surface area is 120 Å². The zero-order valence-electron chi connectivity index (χ0n) is 11.2. The number of hydrogen-bond donors (Lipinski definition) is 1. The van der Waals surface area contributed by atoms with E-state index in [1.54, 1.807) is 12.1 Å². The maximum Gasteiger partial charge on any atom is 0.177 e. The fourth-order valence-electron chi connectivity index (χ4n) is 1.88. The lowest BCUT2D eigenvalue weighted by Gasteiger charge is -2.18. The smallest absolute Gasteiger partial charge is 0.177 e. The molecular formula is C14H14FN3OS. The molecule has 0 aliphatic rings. The standard InChI is InChI=1S/C14H14FN3OS/c1-18(8-9-3-5-10(15)6-4-9)14-13(19-2)12(17)11(7-16)20-14/h3-6H,8,17H2,1-2H3. The fraction of sp³-hybridized carbons (Fsp3) is 0.214. The van der Waals surface area contributed by atoms with Crippen molar-refractivity contribution in [1.29, 1.82) is 5.26 Å². The summed E-state index contributed by atoms with van der Waals surface area (Å²) in [6, 6.07) is 8.34. The van der Waals surface area contributed by atoms with Crippen LogP contribution < -0.4 is 15.4 Å². The van der Waals surface area contributed by atoms with Crippen molar-refractivity contribution in [2.75, 3.05) is 24.8 Å². The third-order valence-corrected chi connectivity index (χ3v) is 4.07. The summed E-state index contributed by atoms with van der Waals surface area (Å²) in [6.45, 7) is 0.571. The lowest BCUT2D eigenvalue weighted by atomic mass is 10.2. The summed E-state index contributed by atoms with van der Waals surface area (Å²) in [5.74, 6) is 0.247. The van der Waals surface area contributed by atoms with Crippen molar-refractivity contribution < 1.29 is 9.13 Å². The van der Waals surface area contributed by atoms with Gasteiger partial charge in [-0.15, -0.1) is 11.3 Å². The van der Waals surface area contributed by atoms with Gasteiger partial charge in [-0.25, -0.2) is 4.39 Å². The number of anilines is 2. The number of nitrogens with two attached hydrogens (primary N) is 1. The first-order valence-corrected chi connectivity index (χ1v) is 6.70. The van der Waals surface area contributed by atoms with Crippen LogP contribution in [-0.4, -0.2) is 14.2 Å². The van der Waals surface area contributed by atoms with E-state index in [-0.39, 0.29) is 5.82 Å². The van der Waals surface area contributed by atoms with E-state index in [2.05, 4.69) is 6.07 Å². The van der Waals surface area contributed by atoms with Crippen LogP contribution in [0, 0.1) is 17.1 Å². The second-order valence-electron chi connectivity index (χ2n) is 4.28. The Kier molecular flexibility index (Phi) is 4.11. The van der Waals surface area contributed by atoms with E-state index < -0.39 is 0 Å². The number of ether oxygens (including phenoxy) is 1. The van der Waals surface area contributed by atoms with E-state index in [1.807, 2.05) is 11.9 Å². The Hall–Kier alpha value is -2.26. The quantitative estimate of drug-likeness (QED) is 0.940. The predicted octanol–water partition coefficient (Wildman–Crippen LogP) is 2.99. The minimum atomic E-state index is -0.263. The Morgan fingerprint density at radius 1 is 1.40 bits per heavy atom. The van der Waals surface area contributed by atoms with E-state index in [0.717, 1.165) is 10.6 Å². The summed E-state index contributed by atoms with van der Waals surface area (Å²) < 4.78 is 18.2. The summed E-state index contributed by atoms with van der Waals surface area (Å²) >= 11 is 1.28. The van der Waals surface area contributed by atoms with Gasteiger partial charge in [0.1, 0.15) is 27.5 Å². The number of nitrogens with zero attached hydrogens (tertiary/aromatic N) is 2. The SMILES string of the molecule is COc1c(N(C)Cc2ccc(F)cc2)sc(C#N)c1N. The molecule has 2 N–H and O–H groups in total. The van der Waals surface area contributed by atoms with Gasteiger partial charge in [-0.3, -0.25) is 0 Å². The van der Waals surface area contributed by atoms with Crippen LogP contribution in [-0.2, 0) is 6.54 Å². The summed E-state index contributed by atoms with van der Waals surface area (Å²) in [5.41, 5.74) is 7.18. The Balaban J connectivity index is 2.27. The van der Waals surface area contributed by atoms with Crippen molar-refractivity contribution in [3.8, 4) is 11.8 Å². The fourth-order valence-corrected chi connectivity index (χ4v) is 2.83. The van der Waals surface area contributed by atoms with Crippen LogP contribution in [0.1, 0.15) is 10.4 Å². The van der Waals surface area contributed by atoms with E-state index in [9.17, 15) is 4.39 Å². The Morgan fingerprint density at radius 2 is 2.05 bits per heavy atom. The van der Waals surface area contributed by atoms with Gasteiger partial charge in [-0.2, -0.15) is 5.26 Å². The highest BCUT2D eigenvalue weighted by atomic mass is 32.1. The van der Waals surface area contributed by atoms with E-state index in [1.165, 1.54) is 30.6 Å². The Bertz CT molecular complexity index is 646. The molecular weight excluding hydrogens is 277 g/mol. The van der Waals surface area contributed by atoms with Crippen LogP contribution in [0.15, 0.2) is 24.3 Å². The molecule has 0 aliphatic heterocycles. The topological polar surface area (TPSA) is 62.3 Å². The molecule has 104 valence electrons. The maximum absolute atomic E-state index is 12.9. The molecule has 0 saturated heterocycles. The molecule has 0 aliphatic carbocycles. The highest BCUT2D eigenvalue weighted by Crippen LogP contribution is 2.44. The Morgan fingerprint density at radius 3 is 2.60 bits per heavy atom. The van der Waals surface area contributed by atoms with Gasteiger partial charge in [0.05, 0.1) is 7.11 Å². The van der Waals surface area contributed by atoms with Crippen molar-refractivity contribution in [2.45, 2.75) is 6.54 Å². The number of benzene rings is 1. The predicted molar refractivity (Wildman–Crippen MR) is 78.5 cm³/mol. The van der Waals surface area contributed by atoms with Crippen molar-refractivity contribution in [3.05, 3.63) is 40.5 Å². The summed E-state index contributed by atoms with van der Waals surface area (Å²) in [5, 5.41) is 9.80. The molecule has 2 aromatic rings. The number of rotatable bonds is 4. The molecule has 0 fully saturated rings. The number of nitriles is 1. The van der Waals surface area contributed by atoms with Gasteiger partial charge in [0.2, 0.25) is 0 Å². The molecule has 4 nitrogen and oxygen atoms in total. The van der Waals surface area contributed by atoms with Crippen molar-refractivity contribution in [1.82, 2.24) is 0 Å². The minimum absolute atomic E-state index is 0.263. The average Bonchev–Trinajstić information content (AvgIpc) is 2.77. The lowest BCUT2D eigenvalue weighted by Crippen LogP contribution is -2.15. The summed E-state index contributed by atoms with van der Waals surface area (Å²) in [7, 11) is 3.40. The number of methoxy groups -OCH3 is 1. The van der Waals surface area contributed by atoms with Crippen LogP contribution in [0.4, 0.5) is 15.1 Å². The monoisotopic (exact) mass is 291 g/mol. The third kappa shape index (κ3) is 2.68. The van der Waals surface area contributed by atoms with E-state index in [0.29, 0.717) is 22.9 Å². The molecule has 2 rings (SSSR count). The van der Waals surface area contributed by atoms with Crippen molar-refractivity contribution >= 4 is 22.0 Å². The average molecular weight is 291 g/mol. The minimum Gasteiger partial charge on any atom is -0.492 e. The molecule has 0 radical (unpaired) electrons. The second kappa shape index (κ2) is 5.80. The third-order valence-electron chi connectivity index (χ3n) is 2.87. The number of hydrogen-bond acceptors (Lipinski definition) is 5. The van der Waals surface area contributed by atoms with Crippen LogP contribution in [0.25, 0.3) is 0 Å². The van der Waals surface area contributed by atoms with Gasteiger partial charge in [0.15, 0.2) is 5.75 Å². The molecule has 0 amide bonds. The first-order valence-electron chi connectivity index (χ1n) is 5.88. The molecule has 1 aromatic heterocycles. The normalized spacial score (nSPS) is 10.1. The molecule has 0 bridgehead atoms. The zero-order valence-corrected chi connectivity index (χ0v) is 12.0. The molecule has 0 atom stereocenters. The molecule has 0 saturated carbocycles. The first-order chi connectivity index (χ1) is 9.56. The van der Waals surface area contributed by atoms with Crippen LogP contribution >= 0.6 is 11.3 Å². The van der Waals surface area contributed by atoms with Crippen molar-refractivity contribution in [2.24, 2.45) is 0 Å². The highest BCUT2D eigenvalue weighted by molar-refractivity contribution is 7.17. The van der Waals surface area contributed by atoms with Crippen LogP contribution in [0.3, 0.4) is 0 Å². The molecule has 20 heavy (non-hydrogen) atoms. The molecule has 1 heterocycles. The van der Waals surface area contributed by atoms with Crippen molar-refractivity contribution in [3.63, 3.8) is 0 Å². The first kappa shape index (κ1) is 14.2. The van der Waals surface area contributed by atoms with Crippen LogP contribution in [0.5, 0.6) is 5.75 Å². The molecule has 6 heteroatoms. The summed E-state index contributed by atoms with van der Waals surface area (Å²) in [4.78, 5) is 2.36. The van der Waals surface area contributed by atoms with Gasteiger partial charge >= 0.3 is 0 Å². The maximum atomic E-state index is 12.9.